The number of aliphatic hydroxyl groups is 6. The number of carbonyl (C=O) groups is 2. The van der Waals surface area contributed by atoms with Gasteiger partial charge >= 0.3 is 11.9 Å². The van der Waals surface area contributed by atoms with Gasteiger partial charge in [-0.2, -0.15) is 0 Å². The lowest BCUT2D eigenvalue weighted by atomic mass is 9.98. The van der Waals surface area contributed by atoms with Gasteiger partial charge in [0.15, 0.2) is 35.4 Å². The van der Waals surface area contributed by atoms with Crippen molar-refractivity contribution in [2.75, 3.05) is 27.4 Å². The van der Waals surface area contributed by atoms with Gasteiger partial charge in [-0.05, 0) is 47.5 Å². The molecule has 268 valence electrons. The number of phenolic OH excluding ortho intramolecular Hbond substituents is 2. The van der Waals surface area contributed by atoms with E-state index in [0.717, 1.165) is 12.2 Å². The predicted molar refractivity (Wildman–Crippen MR) is 164 cm³/mol. The molecule has 0 aliphatic carbocycles. The molecule has 0 aromatic heterocycles. The van der Waals surface area contributed by atoms with Crippen LogP contribution in [0, 0.1) is 0 Å². The monoisotopic (exact) mass is 694 g/mol. The molecule has 2 aromatic carbocycles. The zero-order chi connectivity index (χ0) is 35.8. The first kappa shape index (κ1) is 37.5. The van der Waals surface area contributed by atoms with Crippen LogP contribution in [0.3, 0.4) is 0 Å². The molecule has 2 heterocycles. The van der Waals surface area contributed by atoms with Crippen molar-refractivity contribution in [1.82, 2.24) is 0 Å². The Morgan fingerprint density at radius 3 is 1.73 bits per heavy atom. The molecule has 4 rings (SSSR count). The molecule has 17 heteroatoms. The molecule has 2 saturated heterocycles. The molecule has 10 unspecified atom stereocenters. The molecule has 2 aromatic rings. The highest BCUT2D eigenvalue weighted by atomic mass is 16.7. The zero-order valence-electron chi connectivity index (χ0n) is 26.2. The van der Waals surface area contributed by atoms with Crippen LogP contribution in [0.1, 0.15) is 11.1 Å². The Balaban J connectivity index is 1.51. The minimum atomic E-state index is -1.92. The molecule has 8 N–H and O–H groups in total. The van der Waals surface area contributed by atoms with E-state index in [1.807, 2.05) is 0 Å². The number of esters is 2. The first-order valence-corrected chi connectivity index (χ1v) is 14.8. The summed E-state index contributed by atoms with van der Waals surface area (Å²) in [5, 5.41) is 81.2. The molecule has 49 heavy (non-hydrogen) atoms. The van der Waals surface area contributed by atoms with E-state index in [1.54, 1.807) is 0 Å². The SMILES string of the molecule is COc1cc(C=CC(=O)OC2OC(COC3OC(CO)C(O)C(O)C3O)C(O)C(O)C2OC(=O)C=Cc2ccc(O)c(OC)c2)ccc1O. The van der Waals surface area contributed by atoms with E-state index in [-0.39, 0.29) is 23.0 Å². The number of carbonyl (C=O) groups excluding carboxylic acids is 2. The molecule has 0 amide bonds. The van der Waals surface area contributed by atoms with Crippen LogP contribution in [0.2, 0.25) is 0 Å². The van der Waals surface area contributed by atoms with Crippen LogP contribution in [0.15, 0.2) is 48.6 Å². The van der Waals surface area contributed by atoms with Crippen molar-refractivity contribution in [3.63, 3.8) is 0 Å². The molecule has 0 spiro atoms. The number of methoxy groups -OCH3 is 2. The highest BCUT2D eigenvalue weighted by Crippen LogP contribution is 2.30. The summed E-state index contributed by atoms with van der Waals surface area (Å²) in [5.41, 5.74) is 0.855. The van der Waals surface area contributed by atoms with Gasteiger partial charge in [0.2, 0.25) is 6.29 Å². The molecule has 2 aliphatic rings. The second-order valence-electron chi connectivity index (χ2n) is 10.9. The maximum absolute atomic E-state index is 12.9. The summed E-state index contributed by atoms with van der Waals surface area (Å²) in [5.74, 6) is -2.08. The lowest BCUT2D eigenvalue weighted by molar-refractivity contribution is -0.327. The van der Waals surface area contributed by atoms with Gasteiger partial charge < -0.3 is 74.0 Å². The second-order valence-corrected chi connectivity index (χ2v) is 10.9. The van der Waals surface area contributed by atoms with Crippen molar-refractivity contribution in [1.29, 1.82) is 0 Å². The number of aliphatic hydroxyl groups excluding tert-OH is 6. The van der Waals surface area contributed by atoms with E-state index < -0.39 is 86.6 Å². The van der Waals surface area contributed by atoms with Crippen molar-refractivity contribution < 1.29 is 83.6 Å². The van der Waals surface area contributed by atoms with Crippen LogP contribution in [0.5, 0.6) is 23.0 Å². The first-order valence-electron chi connectivity index (χ1n) is 14.8. The summed E-state index contributed by atoms with van der Waals surface area (Å²) in [7, 11) is 2.68. The van der Waals surface area contributed by atoms with Crippen LogP contribution in [0.25, 0.3) is 12.2 Å². The third kappa shape index (κ3) is 9.24. The molecule has 2 aliphatic heterocycles. The first-order chi connectivity index (χ1) is 23.4. The topological polar surface area (TPSA) is 261 Å². The quantitative estimate of drug-likeness (QED) is 0.0934. The third-order valence-corrected chi connectivity index (χ3v) is 7.63. The fourth-order valence-electron chi connectivity index (χ4n) is 4.91. The van der Waals surface area contributed by atoms with Gasteiger partial charge in [-0.25, -0.2) is 9.59 Å². The molecular weight excluding hydrogens is 656 g/mol. The average molecular weight is 695 g/mol. The van der Waals surface area contributed by atoms with E-state index in [4.69, 9.17) is 33.2 Å². The van der Waals surface area contributed by atoms with Crippen LogP contribution >= 0.6 is 0 Å². The number of ether oxygens (including phenoxy) is 7. The largest absolute Gasteiger partial charge is 0.504 e. The summed E-state index contributed by atoms with van der Waals surface area (Å²) < 4.78 is 37.2. The summed E-state index contributed by atoms with van der Waals surface area (Å²) in [6, 6.07) is 8.49. The maximum Gasteiger partial charge on any atom is 0.333 e. The van der Waals surface area contributed by atoms with Crippen molar-refractivity contribution in [2.45, 2.75) is 61.4 Å². The molecule has 0 bridgehead atoms. The van der Waals surface area contributed by atoms with Crippen molar-refractivity contribution >= 4 is 24.1 Å². The van der Waals surface area contributed by atoms with Crippen LogP contribution in [0.4, 0.5) is 0 Å². The van der Waals surface area contributed by atoms with Gasteiger partial charge in [-0.1, -0.05) is 12.1 Å². The van der Waals surface area contributed by atoms with Crippen LogP contribution in [-0.4, -0.2) is 142 Å². The van der Waals surface area contributed by atoms with Gasteiger partial charge in [-0.15, -0.1) is 0 Å². The van der Waals surface area contributed by atoms with Crippen molar-refractivity contribution in [2.24, 2.45) is 0 Å². The Morgan fingerprint density at radius 2 is 1.20 bits per heavy atom. The number of phenols is 2. The number of hydrogen-bond donors (Lipinski definition) is 8. The van der Waals surface area contributed by atoms with Gasteiger partial charge in [0.1, 0.15) is 42.7 Å². The number of benzene rings is 2. The van der Waals surface area contributed by atoms with E-state index in [2.05, 4.69) is 0 Å². The van der Waals surface area contributed by atoms with E-state index in [1.165, 1.54) is 62.8 Å². The number of rotatable bonds is 12. The zero-order valence-corrected chi connectivity index (χ0v) is 26.2. The Labute approximate surface area is 279 Å². The lowest BCUT2D eigenvalue weighted by Gasteiger charge is -2.43. The minimum Gasteiger partial charge on any atom is -0.504 e. The Hall–Kier alpha value is -4.30. The third-order valence-electron chi connectivity index (χ3n) is 7.63. The average Bonchev–Trinajstić information content (AvgIpc) is 3.09. The fraction of sp³-hybridized carbons (Fsp3) is 0.438. The number of aromatic hydroxyl groups is 2. The van der Waals surface area contributed by atoms with Crippen molar-refractivity contribution in [3.8, 4) is 23.0 Å². The molecule has 17 nitrogen and oxygen atoms in total. The van der Waals surface area contributed by atoms with E-state index >= 15 is 0 Å². The Bertz CT molecular complexity index is 1490. The Morgan fingerprint density at radius 1 is 0.694 bits per heavy atom. The minimum absolute atomic E-state index is 0.132. The molecular formula is C32H38O17. The smallest absolute Gasteiger partial charge is 0.333 e. The highest BCUT2D eigenvalue weighted by Gasteiger charge is 2.50. The molecule has 0 saturated carbocycles. The van der Waals surface area contributed by atoms with Gasteiger partial charge in [0, 0.05) is 12.2 Å². The highest BCUT2D eigenvalue weighted by molar-refractivity contribution is 5.88. The standard InChI is InChI=1S/C32H38O17/c1-43-19-11-15(3-7-17(19)34)5-9-23(36)48-30-28(41)26(39)22(14-45-31-29(42)27(40)25(38)21(13-33)46-31)47-32(30)49-24(37)10-6-16-4-8-18(35)20(12-16)44-2/h3-12,21-22,25-35,38-42H,13-14H2,1-2H3. The summed E-state index contributed by atoms with van der Waals surface area (Å²) in [6.07, 6.45) is -12.4. The van der Waals surface area contributed by atoms with Gasteiger partial charge in [0.25, 0.3) is 0 Å². The molecule has 0 radical (unpaired) electrons. The van der Waals surface area contributed by atoms with Crippen LogP contribution < -0.4 is 9.47 Å². The van der Waals surface area contributed by atoms with Crippen LogP contribution in [-0.2, 0) is 33.3 Å². The predicted octanol–water partition coefficient (Wildman–Crippen LogP) is -1.44. The van der Waals surface area contributed by atoms with Crippen molar-refractivity contribution in [3.05, 3.63) is 59.7 Å². The normalized spacial score (nSPS) is 30.3. The van der Waals surface area contributed by atoms with E-state index in [0.29, 0.717) is 11.1 Å². The summed E-state index contributed by atoms with van der Waals surface area (Å²) >= 11 is 0. The van der Waals surface area contributed by atoms with Gasteiger partial charge in [0.05, 0.1) is 27.4 Å². The summed E-state index contributed by atoms with van der Waals surface area (Å²) in [6.45, 7) is -1.38. The fourth-order valence-corrected chi connectivity index (χ4v) is 4.91. The Kier molecular flexibility index (Phi) is 12.9. The molecule has 10 atom stereocenters. The van der Waals surface area contributed by atoms with Gasteiger partial charge in [-0.3, -0.25) is 0 Å². The lowest BCUT2D eigenvalue weighted by Crippen LogP contribution is -2.62. The number of hydrogen-bond acceptors (Lipinski definition) is 17. The maximum atomic E-state index is 12.9. The van der Waals surface area contributed by atoms with E-state index in [9.17, 15) is 50.4 Å². The molecule has 2 fully saturated rings. The second kappa shape index (κ2) is 16.9. The summed E-state index contributed by atoms with van der Waals surface area (Å²) in [4.78, 5) is 25.7.